The van der Waals surface area contributed by atoms with E-state index in [-0.39, 0.29) is 0 Å². The lowest BCUT2D eigenvalue weighted by Crippen LogP contribution is -2.43. The molecule has 0 spiro atoms. The summed E-state index contributed by atoms with van der Waals surface area (Å²) in [4.78, 5) is 2.52. The van der Waals surface area contributed by atoms with E-state index in [0.29, 0.717) is 12.1 Å². The second kappa shape index (κ2) is 4.13. The van der Waals surface area contributed by atoms with E-state index in [1.165, 1.54) is 24.9 Å². The molecule has 1 aromatic rings. The van der Waals surface area contributed by atoms with Crippen molar-refractivity contribution >= 4 is 11.4 Å². The highest BCUT2D eigenvalue weighted by Crippen LogP contribution is 2.29. The maximum atomic E-state index is 5.71. The van der Waals surface area contributed by atoms with E-state index in [0.717, 1.165) is 5.69 Å². The summed E-state index contributed by atoms with van der Waals surface area (Å²) in [6, 6.07) is 9.54. The molecular weight excluding hydrogens is 184 g/mol. The Morgan fingerprint density at radius 1 is 1.07 bits per heavy atom. The normalized spacial score (nSPS) is 26.7. The minimum Gasteiger partial charge on any atom is -0.399 e. The van der Waals surface area contributed by atoms with Crippen LogP contribution in [0.3, 0.4) is 0 Å². The van der Waals surface area contributed by atoms with Crippen LogP contribution in [0.5, 0.6) is 0 Å². The fourth-order valence-corrected chi connectivity index (χ4v) is 2.58. The molecule has 1 aliphatic heterocycles. The average molecular weight is 204 g/mol. The molecule has 0 aliphatic carbocycles. The van der Waals surface area contributed by atoms with Crippen molar-refractivity contribution in [2.75, 3.05) is 10.6 Å². The number of nitrogens with two attached hydrogens (primary N) is 1. The van der Waals surface area contributed by atoms with E-state index in [1.807, 2.05) is 12.1 Å². The molecule has 1 heterocycles. The smallest absolute Gasteiger partial charge is 0.0372 e. The average Bonchev–Trinajstić information content (AvgIpc) is 2.20. The number of anilines is 2. The lowest BCUT2D eigenvalue weighted by molar-refractivity contribution is 0.414. The molecule has 0 unspecified atom stereocenters. The zero-order valence-electron chi connectivity index (χ0n) is 9.61. The minimum atomic E-state index is 0.650. The second-order valence-corrected chi connectivity index (χ2v) is 4.63. The largest absolute Gasteiger partial charge is 0.399 e. The Kier molecular flexibility index (Phi) is 2.85. The van der Waals surface area contributed by atoms with Gasteiger partial charge in [0.15, 0.2) is 0 Å². The van der Waals surface area contributed by atoms with Crippen LogP contribution < -0.4 is 10.6 Å². The summed E-state index contributed by atoms with van der Waals surface area (Å²) in [5.74, 6) is 0. The Morgan fingerprint density at radius 3 is 2.13 bits per heavy atom. The number of hydrogen-bond acceptors (Lipinski definition) is 2. The molecule has 82 valence electrons. The molecule has 2 atom stereocenters. The van der Waals surface area contributed by atoms with Gasteiger partial charge >= 0.3 is 0 Å². The molecule has 1 fully saturated rings. The molecule has 2 N–H and O–H groups in total. The Bertz CT molecular complexity index is 308. The molecule has 2 rings (SSSR count). The Hall–Kier alpha value is -1.18. The van der Waals surface area contributed by atoms with Gasteiger partial charge in [0, 0.05) is 23.5 Å². The van der Waals surface area contributed by atoms with Crippen molar-refractivity contribution in [2.45, 2.75) is 45.2 Å². The topological polar surface area (TPSA) is 29.3 Å². The summed E-state index contributed by atoms with van der Waals surface area (Å²) < 4.78 is 0. The fourth-order valence-electron chi connectivity index (χ4n) is 2.58. The number of nitrogens with zero attached hydrogens (tertiary/aromatic N) is 1. The molecule has 0 radical (unpaired) electrons. The molecule has 2 heteroatoms. The van der Waals surface area contributed by atoms with Crippen LogP contribution in [0.15, 0.2) is 24.3 Å². The zero-order chi connectivity index (χ0) is 10.8. The maximum Gasteiger partial charge on any atom is 0.0372 e. The van der Waals surface area contributed by atoms with Gasteiger partial charge in [-0.1, -0.05) is 0 Å². The van der Waals surface area contributed by atoms with E-state index in [9.17, 15) is 0 Å². The molecule has 0 amide bonds. The van der Waals surface area contributed by atoms with Crippen LogP contribution in [0.1, 0.15) is 33.1 Å². The maximum absolute atomic E-state index is 5.71. The minimum absolute atomic E-state index is 0.650. The predicted molar refractivity (Wildman–Crippen MR) is 66.1 cm³/mol. The number of nitrogen functional groups attached to an aromatic ring is 1. The first kappa shape index (κ1) is 10.3. The summed E-state index contributed by atoms with van der Waals surface area (Å²) >= 11 is 0. The van der Waals surface area contributed by atoms with Crippen molar-refractivity contribution in [1.29, 1.82) is 0 Å². The van der Waals surface area contributed by atoms with Gasteiger partial charge in [-0.05, 0) is 57.4 Å². The third-order valence-electron chi connectivity index (χ3n) is 3.38. The van der Waals surface area contributed by atoms with Gasteiger partial charge in [0.05, 0.1) is 0 Å². The summed E-state index contributed by atoms with van der Waals surface area (Å²) in [5, 5.41) is 0. The number of hydrogen-bond donors (Lipinski definition) is 1. The molecule has 2 nitrogen and oxygen atoms in total. The third kappa shape index (κ3) is 2.09. The second-order valence-electron chi connectivity index (χ2n) is 4.63. The SMILES string of the molecule is C[C@H]1CCC[C@H](C)N1c1ccc(N)cc1. The third-order valence-corrected chi connectivity index (χ3v) is 3.38. The molecule has 1 aliphatic rings. The number of rotatable bonds is 1. The van der Waals surface area contributed by atoms with Crippen LogP contribution in [0.4, 0.5) is 11.4 Å². The van der Waals surface area contributed by atoms with Crippen LogP contribution in [0.25, 0.3) is 0 Å². The van der Waals surface area contributed by atoms with E-state index < -0.39 is 0 Å². The Labute approximate surface area is 92.1 Å². The number of piperidine rings is 1. The lowest BCUT2D eigenvalue weighted by Gasteiger charge is -2.41. The summed E-state index contributed by atoms with van der Waals surface area (Å²) in [7, 11) is 0. The molecule has 15 heavy (non-hydrogen) atoms. The van der Waals surface area contributed by atoms with E-state index in [4.69, 9.17) is 5.73 Å². The van der Waals surface area contributed by atoms with Gasteiger partial charge in [-0.2, -0.15) is 0 Å². The van der Waals surface area contributed by atoms with E-state index in [2.05, 4.69) is 30.9 Å². The molecule has 0 aromatic heterocycles. The van der Waals surface area contributed by atoms with E-state index >= 15 is 0 Å². The predicted octanol–water partition coefficient (Wildman–Crippen LogP) is 3.04. The van der Waals surface area contributed by atoms with Crippen molar-refractivity contribution in [3.63, 3.8) is 0 Å². The lowest BCUT2D eigenvalue weighted by atomic mass is 9.96. The summed E-state index contributed by atoms with van der Waals surface area (Å²) in [5.41, 5.74) is 7.86. The highest BCUT2D eigenvalue weighted by molar-refractivity contribution is 5.54. The van der Waals surface area contributed by atoms with E-state index in [1.54, 1.807) is 0 Å². The molecule has 0 bridgehead atoms. The first-order chi connectivity index (χ1) is 7.18. The van der Waals surface area contributed by atoms with Gasteiger partial charge in [0.2, 0.25) is 0 Å². The van der Waals surface area contributed by atoms with Gasteiger partial charge in [0.1, 0.15) is 0 Å². The van der Waals surface area contributed by atoms with Gasteiger partial charge in [-0.3, -0.25) is 0 Å². The standard InChI is InChI=1S/C13H20N2/c1-10-4-3-5-11(2)15(10)13-8-6-12(14)7-9-13/h6-11H,3-5,14H2,1-2H3/t10-,11-/m0/s1. The van der Waals surface area contributed by atoms with Gasteiger partial charge in [-0.15, -0.1) is 0 Å². The van der Waals surface area contributed by atoms with Crippen molar-refractivity contribution in [1.82, 2.24) is 0 Å². The fraction of sp³-hybridized carbons (Fsp3) is 0.538. The van der Waals surface area contributed by atoms with Crippen LogP contribution in [0, 0.1) is 0 Å². The van der Waals surface area contributed by atoms with Crippen molar-refractivity contribution in [2.24, 2.45) is 0 Å². The Balaban J connectivity index is 2.23. The highest BCUT2D eigenvalue weighted by atomic mass is 15.2. The van der Waals surface area contributed by atoms with Crippen LogP contribution >= 0.6 is 0 Å². The van der Waals surface area contributed by atoms with Crippen molar-refractivity contribution in [3.8, 4) is 0 Å². The van der Waals surface area contributed by atoms with Crippen LogP contribution in [-0.2, 0) is 0 Å². The first-order valence-electron chi connectivity index (χ1n) is 5.82. The van der Waals surface area contributed by atoms with Gasteiger partial charge in [-0.25, -0.2) is 0 Å². The summed E-state index contributed by atoms with van der Waals surface area (Å²) in [6.45, 7) is 4.62. The monoisotopic (exact) mass is 204 g/mol. The molecule has 1 saturated heterocycles. The quantitative estimate of drug-likeness (QED) is 0.712. The van der Waals surface area contributed by atoms with Crippen LogP contribution in [0.2, 0.25) is 0 Å². The summed E-state index contributed by atoms with van der Waals surface area (Å²) in [6.07, 6.45) is 3.96. The zero-order valence-corrected chi connectivity index (χ0v) is 9.61. The molecule has 0 saturated carbocycles. The van der Waals surface area contributed by atoms with Crippen molar-refractivity contribution in [3.05, 3.63) is 24.3 Å². The van der Waals surface area contributed by atoms with Gasteiger partial charge < -0.3 is 10.6 Å². The molecule has 1 aromatic carbocycles. The molecular formula is C13H20N2. The Morgan fingerprint density at radius 2 is 1.60 bits per heavy atom. The van der Waals surface area contributed by atoms with Crippen LogP contribution in [-0.4, -0.2) is 12.1 Å². The first-order valence-corrected chi connectivity index (χ1v) is 5.82. The van der Waals surface area contributed by atoms with Gasteiger partial charge in [0.25, 0.3) is 0 Å². The number of benzene rings is 1. The highest BCUT2D eigenvalue weighted by Gasteiger charge is 2.24. The van der Waals surface area contributed by atoms with Crippen molar-refractivity contribution < 1.29 is 0 Å².